The predicted molar refractivity (Wildman–Crippen MR) is 98.2 cm³/mol. The van der Waals surface area contributed by atoms with Gasteiger partial charge in [0.25, 0.3) is 0 Å². The summed E-state index contributed by atoms with van der Waals surface area (Å²) in [6.45, 7) is 2.17. The maximum Gasteiger partial charge on any atom is 0.306 e. The Bertz CT molecular complexity index is 495. The lowest BCUT2D eigenvalue weighted by Gasteiger charge is -2.24. The van der Waals surface area contributed by atoms with E-state index in [-0.39, 0.29) is 43.5 Å². The maximum absolute atomic E-state index is 12.0. The number of hydrogen-bond acceptors (Lipinski definition) is 7. The highest BCUT2D eigenvalue weighted by molar-refractivity contribution is 6.11. The summed E-state index contributed by atoms with van der Waals surface area (Å²) in [5, 5.41) is 12.8. The zero-order valence-electron chi connectivity index (χ0n) is 16.0. The molecule has 8 nitrogen and oxygen atoms in total. The minimum atomic E-state index is -0.678. The van der Waals surface area contributed by atoms with Crippen LogP contribution in [-0.4, -0.2) is 88.9 Å². The molecule has 26 heavy (non-hydrogen) atoms. The van der Waals surface area contributed by atoms with Crippen molar-refractivity contribution in [2.75, 3.05) is 13.7 Å². The standard InChI is InChI=1S/C16H29B2NO7/c1-3-8-14(22)15(16(18)26-8)23-7-10-9(6-11(17)24-10)25-13(21)5-4-12(20)19-2/h8-11,14-16,22H,3-7,17-18H2,1-2H3,(H,19,20)/t8-,9?,10-,11-,14?,15+,16-/m1/s1. The summed E-state index contributed by atoms with van der Waals surface area (Å²) in [4.78, 5) is 23.2. The van der Waals surface area contributed by atoms with Gasteiger partial charge in [-0.1, -0.05) is 6.92 Å². The van der Waals surface area contributed by atoms with Crippen LogP contribution in [0.5, 0.6) is 0 Å². The molecule has 2 unspecified atom stereocenters. The van der Waals surface area contributed by atoms with Gasteiger partial charge in [-0.3, -0.25) is 9.59 Å². The number of carbonyl (C=O) groups is 2. The van der Waals surface area contributed by atoms with Crippen LogP contribution in [0.15, 0.2) is 0 Å². The minimum absolute atomic E-state index is 0.0303. The molecular formula is C16H29B2NO7. The summed E-state index contributed by atoms with van der Waals surface area (Å²) in [6, 6.07) is -0.256. The third kappa shape index (κ3) is 5.45. The molecule has 2 fully saturated rings. The number of nitrogens with one attached hydrogen (secondary N) is 1. The van der Waals surface area contributed by atoms with Crippen molar-refractivity contribution >= 4 is 27.6 Å². The van der Waals surface area contributed by atoms with Gasteiger partial charge in [-0.2, -0.15) is 0 Å². The van der Waals surface area contributed by atoms with Gasteiger partial charge in [0.15, 0.2) is 0 Å². The lowest BCUT2D eigenvalue weighted by molar-refractivity contribution is -0.156. The summed E-state index contributed by atoms with van der Waals surface area (Å²) >= 11 is 0. The Labute approximate surface area is 156 Å². The monoisotopic (exact) mass is 369 g/mol. The molecule has 0 aromatic carbocycles. The number of aliphatic hydroxyl groups excluding tert-OH is 1. The average molecular weight is 369 g/mol. The number of ether oxygens (including phenoxy) is 4. The SMILES string of the molecule is B[C@@H]1O[C@H](CC)C(O)[C@@H]1OC[C@H]1O[C@@H](B)CC1OC(=O)CCC(=O)NC. The van der Waals surface area contributed by atoms with Crippen LogP contribution in [0, 0.1) is 0 Å². The maximum atomic E-state index is 12.0. The second kappa shape index (κ2) is 9.73. The lowest BCUT2D eigenvalue weighted by Crippen LogP contribution is -2.40. The summed E-state index contributed by atoms with van der Waals surface area (Å²) in [5.41, 5.74) is 0. The Morgan fingerprint density at radius 3 is 2.58 bits per heavy atom. The highest BCUT2D eigenvalue weighted by Gasteiger charge is 2.43. The smallest absolute Gasteiger partial charge is 0.306 e. The first kappa shape index (κ1) is 21.2. The van der Waals surface area contributed by atoms with Crippen LogP contribution in [-0.2, 0) is 28.5 Å². The summed E-state index contributed by atoms with van der Waals surface area (Å²) < 4.78 is 22.8. The van der Waals surface area contributed by atoms with Gasteiger partial charge in [0.05, 0.1) is 25.1 Å². The molecule has 2 saturated heterocycles. The minimum Gasteiger partial charge on any atom is -0.459 e. The molecule has 2 aliphatic rings. The first-order valence-corrected chi connectivity index (χ1v) is 9.36. The summed E-state index contributed by atoms with van der Waals surface area (Å²) in [7, 11) is 5.31. The van der Waals surface area contributed by atoms with E-state index >= 15 is 0 Å². The Balaban J connectivity index is 1.83. The van der Waals surface area contributed by atoms with Gasteiger partial charge in [-0.15, -0.1) is 0 Å². The van der Waals surface area contributed by atoms with Crippen molar-refractivity contribution in [3.05, 3.63) is 0 Å². The first-order chi connectivity index (χ1) is 12.3. The van der Waals surface area contributed by atoms with E-state index in [1.165, 1.54) is 7.05 Å². The van der Waals surface area contributed by atoms with E-state index in [4.69, 9.17) is 18.9 Å². The molecule has 2 aliphatic heterocycles. The van der Waals surface area contributed by atoms with Crippen LogP contribution in [0.25, 0.3) is 0 Å². The Morgan fingerprint density at radius 2 is 1.96 bits per heavy atom. The van der Waals surface area contributed by atoms with Crippen LogP contribution in [0.4, 0.5) is 0 Å². The Morgan fingerprint density at radius 1 is 1.23 bits per heavy atom. The summed E-state index contributed by atoms with van der Waals surface area (Å²) in [5.74, 6) is -0.627. The quantitative estimate of drug-likeness (QED) is 0.366. The third-order valence-corrected chi connectivity index (χ3v) is 4.93. The molecular weight excluding hydrogens is 340 g/mol. The molecule has 0 saturated carbocycles. The van der Waals surface area contributed by atoms with Crippen LogP contribution < -0.4 is 5.32 Å². The molecule has 0 aromatic heterocycles. The van der Waals surface area contributed by atoms with Gasteiger partial charge in [-0.25, -0.2) is 0 Å². The van der Waals surface area contributed by atoms with Gasteiger partial charge in [0, 0.05) is 25.9 Å². The van der Waals surface area contributed by atoms with Gasteiger partial charge >= 0.3 is 5.97 Å². The van der Waals surface area contributed by atoms with Crippen molar-refractivity contribution in [1.29, 1.82) is 0 Å². The van der Waals surface area contributed by atoms with Crippen molar-refractivity contribution in [3.63, 3.8) is 0 Å². The fourth-order valence-electron chi connectivity index (χ4n) is 3.46. The molecule has 146 valence electrons. The van der Waals surface area contributed by atoms with Crippen LogP contribution in [0.1, 0.15) is 32.6 Å². The Kier molecular flexibility index (Phi) is 7.94. The number of aliphatic hydroxyl groups is 1. The van der Waals surface area contributed by atoms with E-state index in [9.17, 15) is 14.7 Å². The number of carbonyl (C=O) groups excluding carboxylic acids is 2. The zero-order chi connectivity index (χ0) is 19.3. The van der Waals surface area contributed by atoms with E-state index in [0.29, 0.717) is 12.8 Å². The third-order valence-electron chi connectivity index (χ3n) is 4.93. The second-order valence-electron chi connectivity index (χ2n) is 7.00. The van der Waals surface area contributed by atoms with E-state index in [1.54, 1.807) is 0 Å². The van der Waals surface area contributed by atoms with Crippen molar-refractivity contribution in [1.82, 2.24) is 5.32 Å². The molecule has 1 amide bonds. The molecule has 0 radical (unpaired) electrons. The number of esters is 1. The molecule has 0 bridgehead atoms. The molecule has 7 atom stereocenters. The molecule has 2 heterocycles. The van der Waals surface area contributed by atoms with Crippen molar-refractivity contribution in [3.8, 4) is 0 Å². The number of amides is 1. The highest BCUT2D eigenvalue weighted by Crippen LogP contribution is 2.27. The van der Waals surface area contributed by atoms with Crippen molar-refractivity contribution < 1.29 is 33.6 Å². The van der Waals surface area contributed by atoms with Gasteiger partial charge < -0.3 is 29.4 Å². The predicted octanol–water partition coefficient (Wildman–Crippen LogP) is -2.31. The lowest BCUT2D eigenvalue weighted by atomic mass is 9.92. The van der Waals surface area contributed by atoms with E-state index in [2.05, 4.69) is 5.32 Å². The van der Waals surface area contributed by atoms with Crippen molar-refractivity contribution in [2.24, 2.45) is 0 Å². The van der Waals surface area contributed by atoms with Crippen LogP contribution >= 0.6 is 0 Å². The van der Waals surface area contributed by atoms with E-state index in [0.717, 1.165) is 0 Å². The van der Waals surface area contributed by atoms with E-state index < -0.39 is 30.4 Å². The largest absolute Gasteiger partial charge is 0.459 e. The van der Waals surface area contributed by atoms with E-state index in [1.807, 2.05) is 22.6 Å². The number of hydrogen-bond donors (Lipinski definition) is 2. The van der Waals surface area contributed by atoms with Gasteiger partial charge in [0.2, 0.25) is 5.91 Å². The molecule has 2 N–H and O–H groups in total. The molecule has 0 aliphatic carbocycles. The number of rotatable bonds is 8. The fourth-order valence-corrected chi connectivity index (χ4v) is 3.46. The highest BCUT2D eigenvalue weighted by atomic mass is 16.6. The first-order valence-electron chi connectivity index (χ1n) is 9.36. The van der Waals surface area contributed by atoms with Crippen LogP contribution in [0.2, 0.25) is 0 Å². The molecule has 0 aromatic rings. The fraction of sp³-hybridized carbons (Fsp3) is 0.875. The zero-order valence-corrected chi connectivity index (χ0v) is 16.0. The topological polar surface area (TPSA) is 103 Å². The molecule has 0 spiro atoms. The van der Waals surface area contributed by atoms with Gasteiger partial charge in [-0.05, 0) is 6.42 Å². The molecule has 2 rings (SSSR count). The summed E-state index contributed by atoms with van der Waals surface area (Å²) in [6.07, 6.45) is -0.718. The van der Waals surface area contributed by atoms with Crippen LogP contribution in [0.3, 0.4) is 0 Å². The molecule has 10 heteroatoms. The normalized spacial score (nSPS) is 36.8. The second-order valence-corrected chi connectivity index (χ2v) is 7.00. The Hall–Kier alpha value is -1.09. The average Bonchev–Trinajstić information content (AvgIpc) is 3.09. The van der Waals surface area contributed by atoms with Gasteiger partial charge in [0.1, 0.15) is 40.1 Å². The van der Waals surface area contributed by atoms with Crippen molar-refractivity contribution in [2.45, 2.75) is 75.1 Å².